The maximum Gasteiger partial charge on any atom is 0.344 e. The van der Waals surface area contributed by atoms with E-state index in [4.69, 9.17) is 39.2 Å². The van der Waals surface area contributed by atoms with Crippen LogP contribution in [0.15, 0.2) is 22.6 Å². The third-order valence-electron chi connectivity index (χ3n) is 2.86. The van der Waals surface area contributed by atoms with Crippen molar-refractivity contribution in [3.63, 3.8) is 0 Å². The third-order valence-corrected chi connectivity index (χ3v) is 6.14. The van der Waals surface area contributed by atoms with Crippen LogP contribution in [0.3, 0.4) is 0 Å². The van der Waals surface area contributed by atoms with Crippen molar-refractivity contribution in [2.45, 2.75) is 26.4 Å². The molecule has 0 saturated carbocycles. The largest absolute Gasteiger partial charge is 0.392 e. The zero-order valence-corrected chi connectivity index (χ0v) is 15.7. The fourth-order valence-corrected chi connectivity index (χ4v) is 4.76. The topological polar surface area (TPSA) is 99.3 Å². The monoisotopic (exact) mass is 377 g/mol. The molecule has 0 amide bonds. The summed E-state index contributed by atoms with van der Waals surface area (Å²) in [5.41, 5.74) is 4.92. The average molecular weight is 377 g/mol. The first-order valence-corrected chi connectivity index (χ1v) is 9.36. The Morgan fingerprint density at radius 3 is 2.48 bits per heavy atom. The molecule has 0 radical (unpaired) electrons. The molecule has 23 heavy (non-hydrogen) atoms. The fourth-order valence-electron chi connectivity index (χ4n) is 2.01. The van der Waals surface area contributed by atoms with E-state index >= 15 is 0 Å². The number of hydrogen-bond donors (Lipinski definition) is 2. The van der Waals surface area contributed by atoms with Gasteiger partial charge in [-0.05, 0) is 38.6 Å². The van der Waals surface area contributed by atoms with Crippen LogP contribution >= 0.6 is 32.0 Å². The van der Waals surface area contributed by atoms with E-state index in [1.807, 2.05) is 0 Å². The number of nitrogens with zero attached hydrogens (tertiary/aromatic N) is 1. The lowest BCUT2D eigenvalue weighted by Crippen LogP contribution is -2.30. The molecule has 1 rings (SSSR count). The molecular weight excluding hydrogens is 357 g/mol. The Balaban J connectivity index is 3.43. The number of H-pyrrole nitrogens is 1. The summed E-state index contributed by atoms with van der Waals surface area (Å²) in [6.45, 7) is 5.38. The van der Waals surface area contributed by atoms with Crippen LogP contribution in [0, 0.1) is 4.77 Å². The van der Waals surface area contributed by atoms with Crippen molar-refractivity contribution < 1.29 is 13.6 Å². The molecule has 0 spiro atoms. The van der Waals surface area contributed by atoms with Crippen LogP contribution in [0.25, 0.3) is 6.20 Å². The molecule has 1 heterocycles. The molecule has 0 aromatic carbocycles. The van der Waals surface area contributed by atoms with Gasteiger partial charge in [0.2, 0.25) is 0 Å². The summed E-state index contributed by atoms with van der Waals surface area (Å²) in [6.07, 6.45) is 2.89. The smallest absolute Gasteiger partial charge is 0.344 e. The van der Waals surface area contributed by atoms with E-state index in [0.717, 1.165) is 0 Å². The Morgan fingerprint density at radius 1 is 1.48 bits per heavy atom. The Bertz CT molecular complexity index is 718. The lowest BCUT2D eigenvalue weighted by molar-refractivity contribution is 0.219. The molecule has 1 aromatic rings. The van der Waals surface area contributed by atoms with E-state index < -0.39 is 13.3 Å². The van der Waals surface area contributed by atoms with Crippen LogP contribution in [0.1, 0.15) is 20.8 Å². The van der Waals surface area contributed by atoms with E-state index in [2.05, 4.69) is 4.98 Å². The maximum absolute atomic E-state index is 13.0. The second-order valence-electron chi connectivity index (χ2n) is 4.54. The highest BCUT2D eigenvalue weighted by atomic mass is 32.1. The molecule has 0 aliphatic carbocycles. The number of aromatic amines is 1. The predicted molar refractivity (Wildman–Crippen MR) is 97.3 cm³/mol. The van der Waals surface area contributed by atoms with Gasteiger partial charge in [0.05, 0.1) is 18.2 Å². The summed E-state index contributed by atoms with van der Waals surface area (Å²) in [5.74, 6) is 0. The lowest BCUT2D eigenvalue weighted by Gasteiger charge is -2.26. The second kappa shape index (κ2) is 8.65. The molecule has 0 saturated heterocycles. The van der Waals surface area contributed by atoms with Gasteiger partial charge in [0.15, 0.2) is 4.77 Å². The summed E-state index contributed by atoms with van der Waals surface area (Å²) in [4.78, 5) is 14.6. The van der Waals surface area contributed by atoms with Gasteiger partial charge in [-0.1, -0.05) is 12.2 Å². The summed E-state index contributed by atoms with van der Waals surface area (Å²) in [5, 5.41) is 0. The van der Waals surface area contributed by atoms with E-state index in [9.17, 15) is 9.36 Å². The van der Waals surface area contributed by atoms with Gasteiger partial charge in [0, 0.05) is 18.5 Å². The number of rotatable bonds is 8. The molecule has 1 atom stereocenters. The van der Waals surface area contributed by atoms with Gasteiger partial charge in [-0.2, -0.15) is 0 Å². The highest BCUT2D eigenvalue weighted by Gasteiger charge is 2.39. The zero-order chi connectivity index (χ0) is 17.6. The fraction of sp³-hybridized carbons (Fsp3) is 0.462. The van der Waals surface area contributed by atoms with Gasteiger partial charge in [-0.3, -0.25) is 13.9 Å². The van der Waals surface area contributed by atoms with Gasteiger partial charge in [0.1, 0.15) is 5.66 Å². The van der Waals surface area contributed by atoms with Crippen molar-refractivity contribution in [2.75, 3.05) is 13.2 Å². The van der Waals surface area contributed by atoms with Crippen molar-refractivity contribution in [1.29, 1.82) is 0 Å². The summed E-state index contributed by atoms with van der Waals surface area (Å²) < 4.78 is 25.0. The first kappa shape index (κ1) is 19.9. The van der Waals surface area contributed by atoms with E-state index in [1.54, 1.807) is 20.8 Å². The van der Waals surface area contributed by atoms with E-state index in [-0.39, 0.29) is 28.5 Å². The van der Waals surface area contributed by atoms with Crippen molar-refractivity contribution >= 4 is 43.2 Å². The van der Waals surface area contributed by atoms with Crippen molar-refractivity contribution in [3.05, 3.63) is 33.0 Å². The highest BCUT2D eigenvalue weighted by molar-refractivity contribution is 7.81. The Morgan fingerprint density at radius 2 is 2.04 bits per heavy atom. The van der Waals surface area contributed by atoms with Gasteiger partial charge in [0.25, 0.3) is 5.56 Å². The highest BCUT2D eigenvalue weighted by Crippen LogP contribution is 2.55. The number of nitrogens with two attached hydrogens (primary N) is 1. The van der Waals surface area contributed by atoms with Crippen LogP contribution in [-0.4, -0.2) is 33.4 Å². The molecule has 128 valence electrons. The van der Waals surface area contributed by atoms with Gasteiger partial charge in [-0.25, -0.2) is 0 Å². The quantitative estimate of drug-likeness (QED) is 0.531. The molecule has 7 nitrogen and oxygen atoms in total. The molecule has 1 unspecified atom stereocenters. The molecule has 10 heteroatoms. The Kier molecular flexibility index (Phi) is 7.50. The van der Waals surface area contributed by atoms with Crippen LogP contribution in [0.5, 0.6) is 0 Å². The number of thiocarbonyl (C=S) groups is 1. The molecule has 0 fully saturated rings. The van der Waals surface area contributed by atoms with Crippen molar-refractivity contribution in [2.24, 2.45) is 5.73 Å². The number of aromatic nitrogens is 2. The second-order valence-corrected chi connectivity index (χ2v) is 7.52. The van der Waals surface area contributed by atoms with Crippen LogP contribution in [0.4, 0.5) is 0 Å². The molecular formula is C13H20N3O4PS2. The molecule has 1 aromatic heterocycles. The summed E-state index contributed by atoms with van der Waals surface area (Å²) in [7, 11) is -3.60. The Hall–Kier alpha value is -1.12. The van der Waals surface area contributed by atoms with Crippen LogP contribution in [-0.2, 0) is 13.6 Å². The minimum absolute atomic E-state index is 0.0390. The summed E-state index contributed by atoms with van der Waals surface area (Å²) >= 11 is 10.1. The standard InChI is InChI=1S/C13H20N3O4PS2/c1-4-19-21(18,20-5-2)11(12(14)22)9(3)8-16-10(17)6-7-15-13(16)23/h6-8,11H,4-5H2,1-3H3,(H2,14,22)(H,15,23)/b9-8-. The van der Waals surface area contributed by atoms with Crippen molar-refractivity contribution in [3.8, 4) is 0 Å². The molecule has 3 N–H and O–H groups in total. The van der Waals surface area contributed by atoms with Gasteiger partial charge < -0.3 is 19.8 Å². The normalized spacial score (nSPS) is 13.8. The third kappa shape index (κ3) is 4.92. The molecule has 0 aliphatic rings. The minimum atomic E-state index is -3.60. The lowest BCUT2D eigenvalue weighted by atomic mass is 10.2. The maximum atomic E-state index is 13.0. The van der Waals surface area contributed by atoms with E-state index in [0.29, 0.717) is 5.57 Å². The first-order chi connectivity index (χ1) is 10.8. The zero-order valence-electron chi connectivity index (χ0n) is 13.1. The Labute approximate surface area is 145 Å². The molecule has 0 bridgehead atoms. The van der Waals surface area contributed by atoms with E-state index in [1.165, 1.54) is 23.0 Å². The SMILES string of the molecule is CCOP(=O)(OCC)C(C(N)=S)/C(C)=C\n1c(=O)cc[nH]c1=S. The molecule has 0 aliphatic heterocycles. The van der Waals surface area contributed by atoms with Gasteiger partial charge in [-0.15, -0.1) is 0 Å². The number of nitrogens with one attached hydrogen (secondary N) is 1. The average Bonchev–Trinajstić information content (AvgIpc) is 2.43. The van der Waals surface area contributed by atoms with Gasteiger partial charge >= 0.3 is 7.60 Å². The first-order valence-electron chi connectivity index (χ1n) is 6.93. The number of hydrogen-bond acceptors (Lipinski definition) is 6. The minimum Gasteiger partial charge on any atom is -0.392 e. The summed E-state index contributed by atoms with van der Waals surface area (Å²) in [6, 6.07) is 1.32. The van der Waals surface area contributed by atoms with Crippen LogP contribution < -0.4 is 11.3 Å². The predicted octanol–water partition coefficient (Wildman–Crippen LogP) is 2.69. The van der Waals surface area contributed by atoms with Crippen LogP contribution in [0.2, 0.25) is 0 Å². The van der Waals surface area contributed by atoms with Crippen molar-refractivity contribution in [1.82, 2.24) is 9.55 Å².